The molecule has 9 heteroatoms. The number of hydrogen-bond acceptors (Lipinski definition) is 3. The maximum atomic E-state index is 13.0. The molecule has 0 radical (unpaired) electrons. The van der Waals surface area contributed by atoms with E-state index in [9.17, 15) is 27.2 Å². The molecular weight excluding hydrogens is 380 g/mol. The fraction of sp³-hybridized carbons (Fsp3) is 0.474. The minimum absolute atomic E-state index is 0.0701. The minimum atomic E-state index is -4.47. The number of aryl methyl sites for hydroxylation is 1. The standard InChI is InChI=1S/C19H20F4N2O3/c1-2-28-16-14(10-25(8-7-20)18(16)27)17(26)24-15-6-4-11-3-5-12(9-13(11)15)19(21,22)23/h3,5,9,15H,2,4,6-8,10H2,1H3,(H,24,26)/t15-/m1/s1. The van der Waals surface area contributed by atoms with Crippen LogP contribution in [0.2, 0.25) is 0 Å². The Morgan fingerprint density at radius 1 is 1.36 bits per heavy atom. The monoisotopic (exact) mass is 400 g/mol. The summed E-state index contributed by atoms with van der Waals surface area (Å²) in [4.78, 5) is 26.2. The zero-order valence-corrected chi connectivity index (χ0v) is 15.2. The van der Waals surface area contributed by atoms with E-state index in [1.807, 2.05) is 0 Å². The first-order chi connectivity index (χ1) is 13.3. The molecule has 152 valence electrons. The highest BCUT2D eigenvalue weighted by molar-refractivity contribution is 6.07. The lowest BCUT2D eigenvalue weighted by atomic mass is 10.0. The Morgan fingerprint density at radius 2 is 2.11 bits per heavy atom. The van der Waals surface area contributed by atoms with Crippen LogP contribution in [0.1, 0.15) is 36.1 Å². The van der Waals surface area contributed by atoms with Crippen LogP contribution in [0.4, 0.5) is 17.6 Å². The first-order valence-electron chi connectivity index (χ1n) is 8.98. The van der Waals surface area contributed by atoms with Gasteiger partial charge in [-0.15, -0.1) is 0 Å². The van der Waals surface area contributed by atoms with Crippen molar-refractivity contribution < 1.29 is 31.9 Å². The molecule has 0 saturated heterocycles. The molecule has 0 spiro atoms. The molecule has 1 N–H and O–H groups in total. The number of carbonyl (C=O) groups excluding carboxylic acids is 2. The molecule has 0 bridgehead atoms. The summed E-state index contributed by atoms with van der Waals surface area (Å²) in [6.07, 6.45) is -3.47. The summed E-state index contributed by atoms with van der Waals surface area (Å²) in [7, 11) is 0. The summed E-state index contributed by atoms with van der Waals surface area (Å²) in [5, 5.41) is 2.71. The average Bonchev–Trinajstić information content (AvgIpc) is 3.17. The number of rotatable bonds is 6. The lowest BCUT2D eigenvalue weighted by Crippen LogP contribution is -2.32. The molecule has 0 fully saturated rings. The van der Waals surface area contributed by atoms with Gasteiger partial charge in [0.15, 0.2) is 5.76 Å². The van der Waals surface area contributed by atoms with E-state index >= 15 is 0 Å². The predicted molar refractivity (Wildman–Crippen MR) is 91.9 cm³/mol. The van der Waals surface area contributed by atoms with Crippen molar-refractivity contribution in [2.75, 3.05) is 26.4 Å². The fourth-order valence-corrected chi connectivity index (χ4v) is 3.53. The van der Waals surface area contributed by atoms with Gasteiger partial charge in [-0.05, 0) is 43.0 Å². The van der Waals surface area contributed by atoms with Crippen molar-refractivity contribution in [3.63, 3.8) is 0 Å². The number of benzene rings is 1. The highest BCUT2D eigenvalue weighted by Gasteiger charge is 2.37. The Kier molecular flexibility index (Phi) is 5.62. The zero-order valence-electron chi connectivity index (χ0n) is 15.2. The maximum Gasteiger partial charge on any atom is 0.416 e. The maximum absolute atomic E-state index is 13.0. The van der Waals surface area contributed by atoms with Crippen molar-refractivity contribution in [2.24, 2.45) is 0 Å². The summed E-state index contributed by atoms with van der Waals surface area (Å²) in [6.45, 7) is 0.803. The van der Waals surface area contributed by atoms with Crippen molar-refractivity contribution >= 4 is 11.8 Å². The molecule has 0 unspecified atom stereocenters. The van der Waals surface area contributed by atoms with E-state index in [1.165, 1.54) is 11.0 Å². The van der Waals surface area contributed by atoms with Gasteiger partial charge in [-0.3, -0.25) is 9.59 Å². The zero-order chi connectivity index (χ0) is 20.5. The van der Waals surface area contributed by atoms with Crippen LogP contribution in [0, 0.1) is 0 Å². The quantitative estimate of drug-likeness (QED) is 0.747. The second kappa shape index (κ2) is 7.81. The van der Waals surface area contributed by atoms with Crippen LogP contribution < -0.4 is 5.32 Å². The summed E-state index contributed by atoms with van der Waals surface area (Å²) >= 11 is 0. The summed E-state index contributed by atoms with van der Waals surface area (Å²) in [6, 6.07) is 2.92. The SMILES string of the molecule is CCOC1=C(C(=O)N[C@@H]2CCc3ccc(C(F)(F)F)cc32)CN(CCF)C1=O. The Hall–Kier alpha value is -2.58. The first kappa shape index (κ1) is 20.2. The molecular formula is C19H20F4N2O3. The number of fused-ring (bicyclic) bond motifs is 1. The normalized spacial score (nSPS) is 19.2. The van der Waals surface area contributed by atoms with E-state index in [0.29, 0.717) is 18.4 Å². The van der Waals surface area contributed by atoms with E-state index < -0.39 is 36.3 Å². The molecule has 0 saturated carbocycles. The number of amides is 2. The molecule has 5 nitrogen and oxygen atoms in total. The number of halogens is 4. The number of nitrogens with one attached hydrogen (secondary N) is 1. The van der Waals surface area contributed by atoms with Gasteiger partial charge in [-0.1, -0.05) is 6.07 Å². The molecule has 1 aliphatic carbocycles. The van der Waals surface area contributed by atoms with Crippen molar-refractivity contribution in [2.45, 2.75) is 32.0 Å². The summed E-state index contributed by atoms with van der Waals surface area (Å²) < 4.78 is 56.9. The minimum Gasteiger partial charge on any atom is -0.488 e. The van der Waals surface area contributed by atoms with Gasteiger partial charge in [0.1, 0.15) is 6.67 Å². The number of hydrogen-bond donors (Lipinski definition) is 1. The lowest BCUT2D eigenvalue weighted by molar-refractivity contribution is -0.137. The van der Waals surface area contributed by atoms with Gasteiger partial charge in [-0.25, -0.2) is 4.39 Å². The van der Waals surface area contributed by atoms with Crippen molar-refractivity contribution in [1.82, 2.24) is 10.2 Å². The highest BCUT2D eigenvalue weighted by atomic mass is 19.4. The van der Waals surface area contributed by atoms with Gasteiger partial charge < -0.3 is 15.0 Å². The van der Waals surface area contributed by atoms with E-state index in [2.05, 4.69) is 5.32 Å². The van der Waals surface area contributed by atoms with Crippen LogP contribution in [0.25, 0.3) is 0 Å². The van der Waals surface area contributed by atoms with E-state index in [1.54, 1.807) is 6.92 Å². The third-order valence-corrected chi connectivity index (χ3v) is 4.88. The van der Waals surface area contributed by atoms with Gasteiger partial charge in [0, 0.05) is 6.54 Å². The third kappa shape index (κ3) is 3.83. The number of ether oxygens (including phenoxy) is 1. The average molecular weight is 400 g/mol. The Morgan fingerprint density at radius 3 is 2.75 bits per heavy atom. The lowest BCUT2D eigenvalue weighted by Gasteiger charge is -2.17. The highest BCUT2D eigenvalue weighted by Crippen LogP contribution is 2.37. The van der Waals surface area contributed by atoms with Crippen LogP contribution in [-0.2, 0) is 26.9 Å². The van der Waals surface area contributed by atoms with E-state index in [-0.39, 0.29) is 31.0 Å². The van der Waals surface area contributed by atoms with Crippen LogP contribution in [0.3, 0.4) is 0 Å². The van der Waals surface area contributed by atoms with E-state index in [0.717, 1.165) is 17.7 Å². The second-order valence-electron chi connectivity index (χ2n) is 6.63. The Labute approximate surface area is 159 Å². The van der Waals surface area contributed by atoms with Crippen LogP contribution in [0.15, 0.2) is 29.5 Å². The summed E-state index contributed by atoms with van der Waals surface area (Å²) in [5.41, 5.74) is 0.470. The number of carbonyl (C=O) groups is 2. The molecule has 1 atom stereocenters. The molecule has 28 heavy (non-hydrogen) atoms. The Balaban J connectivity index is 1.81. The molecule has 0 aromatic heterocycles. The second-order valence-corrected chi connectivity index (χ2v) is 6.63. The third-order valence-electron chi connectivity index (χ3n) is 4.88. The largest absolute Gasteiger partial charge is 0.488 e. The van der Waals surface area contributed by atoms with Crippen molar-refractivity contribution in [3.05, 3.63) is 46.2 Å². The fourth-order valence-electron chi connectivity index (χ4n) is 3.53. The van der Waals surface area contributed by atoms with Gasteiger partial charge in [0.05, 0.1) is 30.3 Å². The van der Waals surface area contributed by atoms with Gasteiger partial charge in [0.2, 0.25) is 0 Å². The molecule has 3 rings (SSSR count). The van der Waals surface area contributed by atoms with Crippen LogP contribution in [0.5, 0.6) is 0 Å². The molecule has 1 aromatic rings. The van der Waals surface area contributed by atoms with Crippen LogP contribution >= 0.6 is 0 Å². The van der Waals surface area contributed by atoms with Gasteiger partial charge in [-0.2, -0.15) is 13.2 Å². The molecule has 2 aliphatic rings. The van der Waals surface area contributed by atoms with E-state index in [4.69, 9.17) is 4.74 Å². The van der Waals surface area contributed by atoms with Crippen molar-refractivity contribution in [3.8, 4) is 0 Å². The summed E-state index contributed by atoms with van der Waals surface area (Å²) in [5.74, 6) is -1.28. The molecule has 2 amide bonds. The van der Waals surface area contributed by atoms with Crippen molar-refractivity contribution in [1.29, 1.82) is 0 Å². The molecule has 1 aliphatic heterocycles. The predicted octanol–water partition coefficient (Wildman–Crippen LogP) is 2.91. The van der Waals surface area contributed by atoms with Gasteiger partial charge >= 0.3 is 6.18 Å². The Bertz CT molecular complexity index is 820. The van der Waals surface area contributed by atoms with Gasteiger partial charge in [0.25, 0.3) is 11.8 Å². The molecule has 1 aromatic carbocycles. The molecule has 1 heterocycles. The number of nitrogens with zero attached hydrogens (tertiary/aromatic N) is 1. The van der Waals surface area contributed by atoms with Crippen LogP contribution in [-0.4, -0.2) is 43.1 Å². The smallest absolute Gasteiger partial charge is 0.416 e. The number of alkyl halides is 4. The topological polar surface area (TPSA) is 58.6 Å². The first-order valence-corrected chi connectivity index (χ1v) is 8.98.